The highest BCUT2D eigenvalue weighted by Gasteiger charge is 2.34. The monoisotopic (exact) mass is 295 g/mol. The Balaban J connectivity index is 2.15. The zero-order valence-electron chi connectivity index (χ0n) is 11.7. The van der Waals surface area contributed by atoms with Gasteiger partial charge in [0.05, 0.1) is 17.1 Å². The number of hydrogen-bond donors (Lipinski definition) is 1. The first-order valence-electron chi connectivity index (χ1n) is 6.31. The summed E-state index contributed by atoms with van der Waals surface area (Å²) in [5.74, 6) is 0.0792. The van der Waals surface area contributed by atoms with Crippen LogP contribution in [0.25, 0.3) is 0 Å². The van der Waals surface area contributed by atoms with Crippen molar-refractivity contribution in [2.24, 2.45) is 5.41 Å². The molecule has 0 unspecified atom stereocenters. The minimum absolute atomic E-state index is 0.0168. The summed E-state index contributed by atoms with van der Waals surface area (Å²) in [6, 6.07) is -0.407. The number of likely N-dealkylation sites (N-methyl/N-ethyl adjacent to an activating group) is 1. The Morgan fingerprint density at radius 3 is 2.85 bits per heavy atom. The zero-order valence-corrected chi connectivity index (χ0v) is 12.5. The van der Waals surface area contributed by atoms with Gasteiger partial charge in [-0.2, -0.15) is 0 Å². The molecule has 0 saturated carbocycles. The summed E-state index contributed by atoms with van der Waals surface area (Å²) >= 11 is 1.20. The van der Waals surface area contributed by atoms with Gasteiger partial charge in [-0.1, -0.05) is 25.2 Å². The van der Waals surface area contributed by atoms with Crippen molar-refractivity contribution in [3.8, 4) is 0 Å². The molecule has 2 amide bonds. The highest BCUT2D eigenvalue weighted by Crippen LogP contribution is 2.38. The molecule has 20 heavy (non-hydrogen) atoms. The third-order valence-corrected chi connectivity index (χ3v) is 4.20. The zero-order chi connectivity index (χ0) is 14.9. The number of Topliss-reactive ketones (excluding diaryl/α,β-unsaturated/α-hetero) is 1. The summed E-state index contributed by atoms with van der Waals surface area (Å²) in [5, 5.41) is 3.02. The van der Waals surface area contributed by atoms with Crippen LogP contribution in [0.5, 0.6) is 0 Å². The van der Waals surface area contributed by atoms with Crippen LogP contribution in [0.3, 0.4) is 0 Å². The van der Waals surface area contributed by atoms with Gasteiger partial charge in [-0.25, -0.2) is 9.78 Å². The van der Waals surface area contributed by atoms with Gasteiger partial charge in [0.1, 0.15) is 6.29 Å². The van der Waals surface area contributed by atoms with E-state index in [1.165, 1.54) is 23.3 Å². The Labute approximate surface area is 121 Å². The molecule has 108 valence electrons. The van der Waals surface area contributed by atoms with Crippen LogP contribution in [0.4, 0.5) is 9.93 Å². The van der Waals surface area contributed by atoms with Gasteiger partial charge in [0.2, 0.25) is 0 Å². The molecule has 1 aromatic rings. The Hall–Kier alpha value is -1.76. The molecule has 1 heterocycles. The number of anilines is 1. The fourth-order valence-corrected chi connectivity index (χ4v) is 3.06. The van der Waals surface area contributed by atoms with Crippen LogP contribution in [0, 0.1) is 5.41 Å². The third-order valence-electron chi connectivity index (χ3n) is 3.14. The minimum Gasteiger partial charge on any atom is -0.321 e. The van der Waals surface area contributed by atoms with Crippen molar-refractivity contribution in [1.82, 2.24) is 9.88 Å². The molecule has 0 bridgehead atoms. The van der Waals surface area contributed by atoms with Gasteiger partial charge >= 0.3 is 6.03 Å². The fourth-order valence-electron chi connectivity index (χ4n) is 2.16. The first-order chi connectivity index (χ1) is 9.32. The number of urea groups is 1. The number of nitrogens with zero attached hydrogens (tertiary/aromatic N) is 2. The number of carbonyl (C=O) groups is 3. The molecular formula is C13H17N3O3S. The molecular weight excluding hydrogens is 278 g/mol. The Morgan fingerprint density at radius 1 is 1.50 bits per heavy atom. The molecule has 1 aliphatic carbocycles. The summed E-state index contributed by atoms with van der Waals surface area (Å²) in [4.78, 5) is 40.4. The average Bonchev–Trinajstić information content (AvgIpc) is 2.70. The van der Waals surface area contributed by atoms with Crippen molar-refractivity contribution in [2.45, 2.75) is 26.7 Å². The molecule has 0 aromatic carbocycles. The summed E-state index contributed by atoms with van der Waals surface area (Å²) < 4.78 is 0. The highest BCUT2D eigenvalue weighted by molar-refractivity contribution is 7.17. The average molecular weight is 295 g/mol. The number of nitrogens with one attached hydrogen (secondary N) is 1. The van der Waals surface area contributed by atoms with E-state index in [0.717, 1.165) is 12.1 Å². The van der Waals surface area contributed by atoms with E-state index in [0.29, 0.717) is 22.7 Å². The van der Waals surface area contributed by atoms with Gasteiger partial charge in [0.15, 0.2) is 10.9 Å². The van der Waals surface area contributed by atoms with Crippen LogP contribution in [-0.2, 0) is 11.2 Å². The van der Waals surface area contributed by atoms with Crippen LogP contribution >= 0.6 is 11.3 Å². The lowest BCUT2D eigenvalue weighted by molar-refractivity contribution is -0.108. The molecule has 6 nitrogen and oxygen atoms in total. The molecule has 0 fully saturated rings. The molecule has 0 aliphatic heterocycles. The largest absolute Gasteiger partial charge is 0.323 e. The van der Waals surface area contributed by atoms with E-state index in [4.69, 9.17) is 0 Å². The summed E-state index contributed by atoms with van der Waals surface area (Å²) in [6.07, 6.45) is 1.88. The van der Waals surface area contributed by atoms with Crippen LogP contribution < -0.4 is 5.32 Å². The topological polar surface area (TPSA) is 79.4 Å². The van der Waals surface area contributed by atoms with Gasteiger partial charge in [0, 0.05) is 13.5 Å². The van der Waals surface area contributed by atoms with E-state index in [9.17, 15) is 14.4 Å². The number of thiazole rings is 1. The highest BCUT2D eigenvalue weighted by atomic mass is 32.1. The van der Waals surface area contributed by atoms with E-state index in [1.54, 1.807) is 0 Å². The normalized spacial score (nSPS) is 16.4. The summed E-state index contributed by atoms with van der Waals surface area (Å²) in [7, 11) is 1.52. The molecule has 1 aromatic heterocycles. The second-order valence-corrected chi connectivity index (χ2v) is 6.71. The number of rotatable bonds is 3. The van der Waals surface area contributed by atoms with Crippen LogP contribution in [0.1, 0.15) is 35.6 Å². The second kappa shape index (κ2) is 5.32. The first kappa shape index (κ1) is 14.6. The summed E-state index contributed by atoms with van der Waals surface area (Å²) in [6.45, 7) is 4.08. The second-order valence-electron chi connectivity index (χ2n) is 5.71. The van der Waals surface area contributed by atoms with E-state index >= 15 is 0 Å². The quantitative estimate of drug-likeness (QED) is 0.864. The third kappa shape index (κ3) is 3.04. The van der Waals surface area contributed by atoms with E-state index in [-0.39, 0.29) is 17.7 Å². The molecule has 0 saturated heterocycles. The lowest BCUT2D eigenvalue weighted by Gasteiger charge is -2.26. The van der Waals surface area contributed by atoms with Crippen molar-refractivity contribution in [1.29, 1.82) is 0 Å². The first-order valence-corrected chi connectivity index (χ1v) is 7.13. The van der Waals surface area contributed by atoms with Crippen molar-refractivity contribution < 1.29 is 14.4 Å². The smallest absolute Gasteiger partial charge is 0.321 e. The predicted octanol–water partition coefficient (Wildman–Crippen LogP) is 1.96. The van der Waals surface area contributed by atoms with Gasteiger partial charge in [-0.05, 0) is 11.8 Å². The van der Waals surface area contributed by atoms with Crippen molar-refractivity contribution in [2.75, 3.05) is 18.9 Å². The van der Waals surface area contributed by atoms with Crippen LogP contribution in [0.15, 0.2) is 0 Å². The molecule has 0 radical (unpaired) electrons. The molecule has 7 heteroatoms. The number of fused-ring (bicyclic) bond motifs is 1. The maximum Gasteiger partial charge on any atom is 0.323 e. The van der Waals surface area contributed by atoms with Gasteiger partial charge in [0.25, 0.3) is 0 Å². The van der Waals surface area contributed by atoms with E-state index < -0.39 is 6.03 Å². The lowest BCUT2D eigenvalue weighted by atomic mass is 9.78. The van der Waals surface area contributed by atoms with E-state index in [1.807, 2.05) is 13.8 Å². The maximum absolute atomic E-state index is 12.0. The summed E-state index contributed by atoms with van der Waals surface area (Å²) in [5.41, 5.74) is 0.665. The van der Waals surface area contributed by atoms with Crippen LogP contribution in [-0.4, -0.2) is 41.6 Å². The van der Waals surface area contributed by atoms with Crippen molar-refractivity contribution in [3.63, 3.8) is 0 Å². The standard InChI is InChI=1S/C13H17N3O3S/c1-13(2)6-8-10(9(18)7-13)20-11(14-8)15-12(19)16(3)4-5-17/h5H,4,6-7H2,1-3H3,(H,14,15,19). The van der Waals surface area contributed by atoms with Crippen molar-refractivity contribution in [3.05, 3.63) is 10.6 Å². The molecule has 1 N–H and O–H groups in total. The number of aldehydes is 1. The molecule has 0 atom stereocenters. The number of hydrogen-bond acceptors (Lipinski definition) is 5. The molecule has 2 rings (SSSR count). The predicted molar refractivity (Wildman–Crippen MR) is 76.3 cm³/mol. The molecule has 1 aliphatic rings. The SMILES string of the molecule is CN(CC=O)C(=O)Nc1nc2c(s1)C(=O)CC(C)(C)C2. The van der Waals surface area contributed by atoms with Gasteiger partial charge in [-0.3, -0.25) is 10.1 Å². The fraction of sp³-hybridized carbons (Fsp3) is 0.538. The lowest BCUT2D eigenvalue weighted by Crippen LogP contribution is -2.32. The number of ketones is 1. The maximum atomic E-state index is 12.0. The number of amides is 2. The number of carbonyl (C=O) groups excluding carboxylic acids is 3. The minimum atomic E-state index is -0.407. The Bertz CT molecular complexity index is 565. The number of aromatic nitrogens is 1. The molecule has 0 spiro atoms. The van der Waals surface area contributed by atoms with Gasteiger partial charge in [-0.15, -0.1) is 0 Å². The Morgan fingerprint density at radius 2 is 2.20 bits per heavy atom. The van der Waals surface area contributed by atoms with Crippen molar-refractivity contribution >= 4 is 34.6 Å². The van der Waals surface area contributed by atoms with E-state index in [2.05, 4.69) is 10.3 Å². The van der Waals surface area contributed by atoms with Crippen LogP contribution in [0.2, 0.25) is 0 Å². The Kier molecular flexibility index (Phi) is 3.89. The van der Waals surface area contributed by atoms with Gasteiger partial charge < -0.3 is 9.69 Å².